The topological polar surface area (TPSA) is 54.9 Å². The molecule has 19 heavy (non-hydrogen) atoms. The second kappa shape index (κ2) is 6.98. The summed E-state index contributed by atoms with van der Waals surface area (Å²) in [6, 6.07) is 0. The molecule has 0 spiro atoms. The zero-order valence-electron chi connectivity index (χ0n) is 11.8. The number of anilines is 1. The van der Waals surface area contributed by atoms with Gasteiger partial charge >= 0.3 is 0 Å². The highest BCUT2D eigenvalue weighted by Gasteiger charge is 2.26. The maximum atomic E-state index is 12.1. The molecule has 0 saturated heterocycles. The number of unbranched alkanes of at least 4 members (excludes halogenated alkanes) is 1. The second-order valence-electron chi connectivity index (χ2n) is 5.50. The highest BCUT2D eigenvalue weighted by Crippen LogP contribution is 2.32. The Bertz CT molecular complexity index is 411. The Morgan fingerprint density at radius 3 is 2.68 bits per heavy atom. The molecule has 0 aromatic carbocycles. The number of aromatic nitrogens is 2. The van der Waals surface area contributed by atoms with Crippen molar-refractivity contribution in [2.75, 3.05) is 5.32 Å². The van der Waals surface area contributed by atoms with Crippen LogP contribution in [0.3, 0.4) is 0 Å². The van der Waals surface area contributed by atoms with E-state index >= 15 is 0 Å². The molecule has 5 heteroatoms. The van der Waals surface area contributed by atoms with Crippen LogP contribution < -0.4 is 5.32 Å². The normalized spacial score (nSPS) is 23.3. The van der Waals surface area contributed by atoms with Crippen LogP contribution in [0.1, 0.15) is 57.7 Å². The summed E-state index contributed by atoms with van der Waals surface area (Å²) < 4.78 is 4.08. The van der Waals surface area contributed by atoms with Crippen molar-refractivity contribution >= 4 is 22.6 Å². The van der Waals surface area contributed by atoms with Crippen molar-refractivity contribution < 1.29 is 4.79 Å². The van der Waals surface area contributed by atoms with Crippen molar-refractivity contribution in [3.8, 4) is 0 Å². The molecule has 1 aliphatic rings. The number of carbonyl (C=O) groups is 1. The average Bonchev–Trinajstić information content (AvgIpc) is 2.82. The van der Waals surface area contributed by atoms with Gasteiger partial charge in [-0.2, -0.15) is 4.37 Å². The lowest BCUT2D eigenvalue weighted by Gasteiger charge is -2.27. The van der Waals surface area contributed by atoms with E-state index in [4.69, 9.17) is 0 Å². The van der Waals surface area contributed by atoms with Gasteiger partial charge in [0.25, 0.3) is 0 Å². The van der Waals surface area contributed by atoms with Gasteiger partial charge in [-0.25, -0.2) is 4.98 Å². The van der Waals surface area contributed by atoms with Crippen LogP contribution in [0, 0.1) is 18.8 Å². The molecule has 1 aliphatic carbocycles. The van der Waals surface area contributed by atoms with Crippen molar-refractivity contribution in [2.24, 2.45) is 11.8 Å². The molecule has 106 valence electrons. The lowest BCUT2D eigenvalue weighted by Crippen LogP contribution is -2.27. The number of nitrogens with zero attached hydrogens (tertiary/aromatic N) is 2. The van der Waals surface area contributed by atoms with Crippen molar-refractivity contribution in [1.29, 1.82) is 0 Å². The lowest BCUT2D eigenvalue weighted by molar-refractivity contribution is -0.121. The molecular weight excluding hydrogens is 258 g/mol. The first-order valence-corrected chi connectivity index (χ1v) is 8.07. The highest BCUT2D eigenvalue weighted by molar-refractivity contribution is 7.09. The first kappa shape index (κ1) is 14.4. The molecule has 4 nitrogen and oxygen atoms in total. The minimum Gasteiger partial charge on any atom is -0.300 e. The van der Waals surface area contributed by atoms with E-state index in [-0.39, 0.29) is 11.8 Å². The van der Waals surface area contributed by atoms with Gasteiger partial charge in [-0.3, -0.25) is 4.79 Å². The van der Waals surface area contributed by atoms with Gasteiger partial charge in [0.2, 0.25) is 11.0 Å². The van der Waals surface area contributed by atoms with E-state index in [9.17, 15) is 4.79 Å². The number of hydrogen-bond donors (Lipinski definition) is 1. The molecule has 0 unspecified atom stereocenters. The summed E-state index contributed by atoms with van der Waals surface area (Å²) in [6.45, 7) is 4.08. The SMILES string of the molecule is CCCCC1CCC(C(=O)Nc2nc(C)ns2)CC1. The number of amides is 1. The van der Waals surface area contributed by atoms with Gasteiger partial charge in [-0.1, -0.05) is 26.2 Å². The van der Waals surface area contributed by atoms with Crippen molar-refractivity contribution in [2.45, 2.75) is 58.8 Å². The highest BCUT2D eigenvalue weighted by atomic mass is 32.1. The summed E-state index contributed by atoms with van der Waals surface area (Å²) in [7, 11) is 0. The molecule has 1 N–H and O–H groups in total. The summed E-state index contributed by atoms with van der Waals surface area (Å²) in [5, 5.41) is 3.53. The Labute approximate surface area is 119 Å². The average molecular weight is 281 g/mol. The summed E-state index contributed by atoms with van der Waals surface area (Å²) in [6.07, 6.45) is 8.39. The van der Waals surface area contributed by atoms with Crippen LogP contribution in [-0.4, -0.2) is 15.3 Å². The fourth-order valence-electron chi connectivity index (χ4n) is 2.76. The van der Waals surface area contributed by atoms with E-state index in [1.165, 1.54) is 43.6 Å². The Balaban J connectivity index is 1.76. The van der Waals surface area contributed by atoms with Crippen molar-refractivity contribution in [3.05, 3.63) is 5.82 Å². The van der Waals surface area contributed by atoms with Crippen LogP contribution in [0.4, 0.5) is 5.13 Å². The van der Waals surface area contributed by atoms with Gasteiger partial charge < -0.3 is 5.32 Å². The van der Waals surface area contributed by atoms with Gasteiger partial charge in [0.15, 0.2) is 0 Å². The standard InChI is InChI=1S/C14H23N3OS/c1-3-4-5-11-6-8-12(9-7-11)13(18)16-14-15-10(2)17-19-14/h11-12H,3-9H2,1-2H3,(H,15,16,17,18). The van der Waals surface area contributed by atoms with Crippen LogP contribution in [-0.2, 0) is 4.79 Å². The molecule has 0 aliphatic heterocycles. The Morgan fingerprint density at radius 2 is 2.11 bits per heavy atom. The predicted octanol–water partition coefficient (Wildman–Crippen LogP) is 3.78. The van der Waals surface area contributed by atoms with Crippen LogP contribution in [0.25, 0.3) is 0 Å². The number of aryl methyl sites for hydroxylation is 1. The van der Waals surface area contributed by atoms with Gasteiger partial charge in [0, 0.05) is 17.5 Å². The molecule has 1 aromatic heterocycles. The minimum atomic E-state index is 0.130. The van der Waals surface area contributed by atoms with E-state index in [1.807, 2.05) is 6.92 Å². The summed E-state index contributed by atoms with van der Waals surface area (Å²) >= 11 is 1.26. The third-order valence-corrected chi connectivity index (χ3v) is 4.66. The van der Waals surface area contributed by atoms with E-state index in [0.29, 0.717) is 5.13 Å². The second-order valence-corrected chi connectivity index (χ2v) is 6.25. The molecule has 1 saturated carbocycles. The first-order valence-electron chi connectivity index (χ1n) is 7.30. The van der Waals surface area contributed by atoms with E-state index < -0.39 is 0 Å². The molecule has 1 fully saturated rings. The molecule has 1 aromatic rings. The van der Waals surface area contributed by atoms with E-state index in [2.05, 4.69) is 21.6 Å². The summed E-state index contributed by atoms with van der Waals surface area (Å²) in [5.41, 5.74) is 0. The maximum absolute atomic E-state index is 12.1. The zero-order chi connectivity index (χ0) is 13.7. The van der Waals surface area contributed by atoms with E-state index in [0.717, 1.165) is 24.6 Å². The van der Waals surface area contributed by atoms with Crippen LogP contribution >= 0.6 is 11.5 Å². The third-order valence-electron chi connectivity index (χ3n) is 3.94. The van der Waals surface area contributed by atoms with Gasteiger partial charge in [-0.05, 0) is 38.5 Å². The maximum Gasteiger partial charge on any atom is 0.229 e. The van der Waals surface area contributed by atoms with Crippen LogP contribution in [0.2, 0.25) is 0 Å². The molecule has 0 radical (unpaired) electrons. The fourth-order valence-corrected chi connectivity index (χ4v) is 3.34. The van der Waals surface area contributed by atoms with Gasteiger partial charge in [0.05, 0.1) is 0 Å². The molecule has 2 rings (SSSR count). The van der Waals surface area contributed by atoms with Crippen LogP contribution in [0.5, 0.6) is 0 Å². The quantitative estimate of drug-likeness (QED) is 0.893. The molecule has 1 amide bonds. The predicted molar refractivity (Wildman–Crippen MR) is 78.2 cm³/mol. The van der Waals surface area contributed by atoms with Crippen LogP contribution in [0.15, 0.2) is 0 Å². The van der Waals surface area contributed by atoms with Gasteiger partial charge in [-0.15, -0.1) is 0 Å². The molecule has 0 atom stereocenters. The lowest BCUT2D eigenvalue weighted by atomic mass is 9.79. The number of carbonyl (C=O) groups excluding carboxylic acids is 1. The van der Waals surface area contributed by atoms with Crippen molar-refractivity contribution in [3.63, 3.8) is 0 Å². The Hall–Kier alpha value is -0.970. The fraction of sp³-hybridized carbons (Fsp3) is 0.786. The third kappa shape index (κ3) is 4.27. The summed E-state index contributed by atoms with van der Waals surface area (Å²) in [5.74, 6) is 1.86. The number of nitrogens with one attached hydrogen (secondary N) is 1. The smallest absolute Gasteiger partial charge is 0.229 e. The number of hydrogen-bond acceptors (Lipinski definition) is 4. The largest absolute Gasteiger partial charge is 0.300 e. The first-order chi connectivity index (χ1) is 9.19. The Morgan fingerprint density at radius 1 is 1.37 bits per heavy atom. The molecule has 0 bridgehead atoms. The monoisotopic (exact) mass is 281 g/mol. The molecule has 1 heterocycles. The van der Waals surface area contributed by atoms with Crippen molar-refractivity contribution in [1.82, 2.24) is 9.36 Å². The minimum absolute atomic E-state index is 0.130. The number of rotatable bonds is 5. The van der Waals surface area contributed by atoms with E-state index in [1.54, 1.807) is 0 Å². The molecular formula is C14H23N3OS. The zero-order valence-corrected chi connectivity index (χ0v) is 12.6. The van der Waals surface area contributed by atoms with Gasteiger partial charge in [0.1, 0.15) is 5.82 Å². The summed E-state index contributed by atoms with van der Waals surface area (Å²) in [4.78, 5) is 16.3. The Kier molecular flexibility index (Phi) is 5.31.